The minimum atomic E-state index is 0.626. The molecule has 88 valence electrons. The Kier molecular flexibility index (Phi) is 3.81. The van der Waals surface area contributed by atoms with Crippen LogP contribution in [0.1, 0.15) is 25.8 Å². The average molecular weight is 303 g/mol. The Balaban J connectivity index is 2.24. The van der Waals surface area contributed by atoms with E-state index < -0.39 is 0 Å². The first-order valence-corrected chi connectivity index (χ1v) is 7.22. The van der Waals surface area contributed by atoms with Crippen LogP contribution in [0.15, 0.2) is 18.2 Å². The predicted molar refractivity (Wildman–Crippen MR) is 74.7 cm³/mol. The summed E-state index contributed by atoms with van der Waals surface area (Å²) in [5.41, 5.74) is 2.41. The molecule has 2 atom stereocenters. The van der Waals surface area contributed by atoms with Gasteiger partial charge >= 0.3 is 0 Å². The highest BCUT2D eigenvalue weighted by Crippen LogP contribution is 2.31. The van der Waals surface area contributed by atoms with Crippen molar-refractivity contribution in [3.05, 3.63) is 28.8 Å². The Labute approximate surface area is 111 Å². The molecule has 0 aliphatic carbocycles. The van der Waals surface area contributed by atoms with Gasteiger partial charge in [0.1, 0.15) is 0 Å². The second-order valence-corrected chi connectivity index (χ2v) is 5.72. The fraction of sp³-hybridized carbons (Fsp3) is 0.538. The fourth-order valence-corrected chi connectivity index (χ4v) is 3.37. The van der Waals surface area contributed by atoms with Gasteiger partial charge in [-0.2, -0.15) is 0 Å². The number of halogens is 2. The van der Waals surface area contributed by atoms with Crippen LogP contribution in [0, 0.1) is 5.92 Å². The van der Waals surface area contributed by atoms with E-state index in [0.717, 1.165) is 28.4 Å². The van der Waals surface area contributed by atoms with Crippen LogP contribution in [0.5, 0.6) is 0 Å². The second kappa shape index (κ2) is 4.97. The maximum Gasteiger partial charge on any atom is 0.0467 e. The second-order valence-electron chi connectivity index (χ2n) is 4.75. The standard InChI is InChI=1S/C13H17BrClN/c1-9-5-10(2)16(8-9)12-4-3-11(7-14)13(15)6-12/h3-4,6,9-10H,5,7-8H2,1-2H3. The van der Waals surface area contributed by atoms with Crippen molar-refractivity contribution in [3.63, 3.8) is 0 Å². The lowest BCUT2D eigenvalue weighted by Crippen LogP contribution is -2.26. The number of hydrogen-bond acceptors (Lipinski definition) is 1. The highest BCUT2D eigenvalue weighted by Gasteiger charge is 2.26. The van der Waals surface area contributed by atoms with Crippen molar-refractivity contribution >= 4 is 33.2 Å². The van der Waals surface area contributed by atoms with E-state index in [1.165, 1.54) is 12.1 Å². The highest BCUT2D eigenvalue weighted by molar-refractivity contribution is 9.08. The van der Waals surface area contributed by atoms with E-state index in [9.17, 15) is 0 Å². The summed E-state index contributed by atoms with van der Waals surface area (Å²) in [5.74, 6) is 0.782. The van der Waals surface area contributed by atoms with E-state index >= 15 is 0 Å². The number of nitrogens with zero attached hydrogens (tertiary/aromatic N) is 1. The molecule has 0 spiro atoms. The number of alkyl halides is 1. The van der Waals surface area contributed by atoms with Gasteiger partial charge in [-0.3, -0.25) is 0 Å². The molecule has 1 heterocycles. The highest BCUT2D eigenvalue weighted by atomic mass is 79.9. The normalized spacial score (nSPS) is 25.1. The minimum absolute atomic E-state index is 0.626. The molecule has 1 aromatic rings. The number of rotatable bonds is 2. The summed E-state index contributed by atoms with van der Waals surface area (Å²) in [6.07, 6.45) is 1.28. The van der Waals surface area contributed by atoms with Crippen molar-refractivity contribution in [2.75, 3.05) is 11.4 Å². The van der Waals surface area contributed by atoms with Crippen molar-refractivity contribution < 1.29 is 0 Å². The zero-order valence-electron chi connectivity index (χ0n) is 9.71. The Morgan fingerprint density at radius 2 is 2.19 bits per heavy atom. The maximum absolute atomic E-state index is 6.24. The lowest BCUT2D eigenvalue weighted by molar-refractivity contribution is 0.625. The average Bonchev–Trinajstić information content (AvgIpc) is 2.58. The van der Waals surface area contributed by atoms with Crippen LogP contribution in [0.2, 0.25) is 5.02 Å². The van der Waals surface area contributed by atoms with Gasteiger partial charge in [0.05, 0.1) is 0 Å². The third-order valence-corrected chi connectivity index (χ3v) is 4.25. The number of anilines is 1. The molecule has 2 rings (SSSR count). The Hall–Kier alpha value is -0.210. The van der Waals surface area contributed by atoms with Gasteiger partial charge in [0.2, 0.25) is 0 Å². The van der Waals surface area contributed by atoms with Crippen LogP contribution in [0.3, 0.4) is 0 Å². The Bertz CT molecular complexity index is 380. The summed E-state index contributed by atoms with van der Waals surface area (Å²) in [7, 11) is 0. The fourth-order valence-electron chi connectivity index (χ4n) is 2.48. The van der Waals surface area contributed by atoms with Crippen molar-refractivity contribution in [1.82, 2.24) is 0 Å². The van der Waals surface area contributed by atoms with Gasteiger partial charge in [0, 0.05) is 28.6 Å². The van der Waals surface area contributed by atoms with Gasteiger partial charge in [-0.15, -0.1) is 0 Å². The monoisotopic (exact) mass is 301 g/mol. The van der Waals surface area contributed by atoms with E-state index in [1.54, 1.807) is 0 Å². The van der Waals surface area contributed by atoms with Crippen molar-refractivity contribution in [2.24, 2.45) is 5.92 Å². The zero-order valence-corrected chi connectivity index (χ0v) is 12.1. The summed E-state index contributed by atoms with van der Waals surface area (Å²) in [6.45, 7) is 5.74. The minimum Gasteiger partial charge on any atom is -0.369 e. The van der Waals surface area contributed by atoms with Gasteiger partial charge in [-0.1, -0.05) is 40.5 Å². The van der Waals surface area contributed by atoms with E-state index in [4.69, 9.17) is 11.6 Å². The predicted octanol–water partition coefficient (Wildman–Crippen LogP) is 4.47. The summed E-state index contributed by atoms with van der Waals surface area (Å²) in [6, 6.07) is 7.01. The van der Waals surface area contributed by atoms with Crippen LogP contribution in [0.25, 0.3) is 0 Å². The molecular weight excluding hydrogens is 286 g/mol. The molecule has 1 aliphatic rings. The molecule has 0 saturated carbocycles. The molecule has 0 N–H and O–H groups in total. The van der Waals surface area contributed by atoms with Crippen LogP contribution < -0.4 is 4.90 Å². The van der Waals surface area contributed by atoms with Crippen molar-refractivity contribution in [3.8, 4) is 0 Å². The molecule has 1 fully saturated rings. The molecule has 1 aliphatic heterocycles. The van der Waals surface area contributed by atoms with E-state index in [0.29, 0.717) is 6.04 Å². The van der Waals surface area contributed by atoms with E-state index in [2.05, 4.69) is 52.9 Å². The summed E-state index contributed by atoms with van der Waals surface area (Å²) in [4.78, 5) is 2.45. The van der Waals surface area contributed by atoms with Gasteiger partial charge in [-0.25, -0.2) is 0 Å². The Morgan fingerprint density at radius 1 is 1.44 bits per heavy atom. The van der Waals surface area contributed by atoms with Gasteiger partial charge in [0.25, 0.3) is 0 Å². The molecular formula is C13H17BrClN. The van der Waals surface area contributed by atoms with Crippen molar-refractivity contribution in [2.45, 2.75) is 31.6 Å². The molecule has 16 heavy (non-hydrogen) atoms. The van der Waals surface area contributed by atoms with E-state index in [1.807, 2.05) is 0 Å². The topological polar surface area (TPSA) is 3.24 Å². The van der Waals surface area contributed by atoms with Gasteiger partial charge in [0.15, 0.2) is 0 Å². The van der Waals surface area contributed by atoms with Crippen LogP contribution >= 0.6 is 27.5 Å². The SMILES string of the molecule is CC1CC(C)N(c2ccc(CBr)c(Cl)c2)C1. The molecule has 1 nitrogen and oxygen atoms in total. The van der Waals surface area contributed by atoms with E-state index in [-0.39, 0.29) is 0 Å². The molecule has 2 unspecified atom stereocenters. The van der Waals surface area contributed by atoms with Crippen LogP contribution in [0.4, 0.5) is 5.69 Å². The molecule has 3 heteroatoms. The maximum atomic E-state index is 6.24. The third-order valence-electron chi connectivity index (χ3n) is 3.30. The molecule has 1 saturated heterocycles. The zero-order chi connectivity index (χ0) is 11.7. The van der Waals surface area contributed by atoms with Crippen LogP contribution in [-0.4, -0.2) is 12.6 Å². The first kappa shape index (κ1) is 12.3. The number of benzene rings is 1. The first-order valence-electron chi connectivity index (χ1n) is 5.73. The molecule has 0 aromatic heterocycles. The lowest BCUT2D eigenvalue weighted by atomic mass is 10.1. The van der Waals surface area contributed by atoms with Gasteiger partial charge in [-0.05, 0) is 37.0 Å². The van der Waals surface area contributed by atoms with Crippen LogP contribution in [-0.2, 0) is 5.33 Å². The molecule has 0 radical (unpaired) electrons. The van der Waals surface area contributed by atoms with Crippen molar-refractivity contribution in [1.29, 1.82) is 0 Å². The largest absolute Gasteiger partial charge is 0.369 e. The third kappa shape index (κ3) is 2.38. The summed E-state index contributed by atoms with van der Waals surface area (Å²) < 4.78 is 0. The number of hydrogen-bond donors (Lipinski definition) is 0. The molecule has 1 aromatic carbocycles. The smallest absolute Gasteiger partial charge is 0.0467 e. The quantitative estimate of drug-likeness (QED) is 0.729. The Morgan fingerprint density at radius 3 is 2.69 bits per heavy atom. The molecule has 0 bridgehead atoms. The summed E-state index contributed by atoms with van der Waals surface area (Å²) in [5, 5.41) is 1.68. The molecule has 0 amide bonds. The lowest BCUT2D eigenvalue weighted by Gasteiger charge is -2.24. The van der Waals surface area contributed by atoms with Gasteiger partial charge < -0.3 is 4.90 Å². The first-order chi connectivity index (χ1) is 7.61. The summed E-state index contributed by atoms with van der Waals surface area (Å²) >= 11 is 9.68.